The Morgan fingerprint density at radius 1 is 0.947 bits per heavy atom. The van der Waals surface area contributed by atoms with Gasteiger partial charge in [-0.15, -0.1) is 0 Å². The maximum atomic E-state index is 11.9. The second-order valence-electron chi connectivity index (χ2n) is 4.72. The molecule has 3 rings (SSSR count). The van der Waals surface area contributed by atoms with Crippen LogP contribution < -0.4 is 5.06 Å². The van der Waals surface area contributed by atoms with Crippen molar-refractivity contribution >= 4 is 11.7 Å². The molecule has 2 atom stereocenters. The van der Waals surface area contributed by atoms with Gasteiger partial charge in [-0.3, -0.25) is 0 Å². The van der Waals surface area contributed by atoms with Crippen molar-refractivity contribution < 1.29 is 9.63 Å². The highest BCUT2D eigenvalue weighted by Gasteiger charge is 2.41. The van der Waals surface area contributed by atoms with E-state index in [1.807, 2.05) is 67.6 Å². The number of hydrogen-bond acceptors (Lipinski definition) is 3. The molecular formula is C16H15NO2. The minimum absolute atomic E-state index is 0.0731. The van der Waals surface area contributed by atoms with Gasteiger partial charge in [0.05, 0.1) is 11.6 Å². The first-order valence-electron chi connectivity index (χ1n) is 6.38. The molecule has 0 bridgehead atoms. The Labute approximate surface area is 112 Å². The molecule has 0 spiro atoms. The van der Waals surface area contributed by atoms with Gasteiger partial charge in [-0.25, -0.2) is 4.79 Å². The van der Waals surface area contributed by atoms with Crippen molar-refractivity contribution in [2.75, 3.05) is 5.06 Å². The molecule has 2 aromatic carbocycles. The molecule has 0 saturated carbocycles. The summed E-state index contributed by atoms with van der Waals surface area (Å²) in [6, 6.07) is 19.6. The topological polar surface area (TPSA) is 29.5 Å². The maximum absolute atomic E-state index is 11.9. The van der Waals surface area contributed by atoms with Crippen molar-refractivity contribution in [3.05, 3.63) is 66.2 Å². The van der Waals surface area contributed by atoms with Crippen LogP contribution in [0.1, 0.15) is 18.5 Å². The van der Waals surface area contributed by atoms with Crippen molar-refractivity contribution in [1.82, 2.24) is 0 Å². The second-order valence-corrected chi connectivity index (χ2v) is 4.72. The molecule has 0 aromatic heterocycles. The van der Waals surface area contributed by atoms with Crippen LogP contribution >= 0.6 is 0 Å². The van der Waals surface area contributed by atoms with Gasteiger partial charge in [-0.05, 0) is 24.6 Å². The summed E-state index contributed by atoms with van der Waals surface area (Å²) >= 11 is 0. The molecule has 0 N–H and O–H groups in total. The molecule has 1 saturated heterocycles. The van der Waals surface area contributed by atoms with E-state index in [1.54, 1.807) is 5.06 Å². The number of hydrogen-bond donors (Lipinski definition) is 0. The number of para-hydroxylation sites is 1. The third-order valence-corrected chi connectivity index (χ3v) is 3.44. The van der Waals surface area contributed by atoms with Crippen LogP contribution in [0.2, 0.25) is 0 Å². The van der Waals surface area contributed by atoms with Crippen molar-refractivity contribution in [3.8, 4) is 0 Å². The summed E-state index contributed by atoms with van der Waals surface area (Å²) in [5.41, 5.74) is 1.98. The Kier molecular flexibility index (Phi) is 2.95. The average Bonchev–Trinajstić information content (AvgIpc) is 2.77. The molecule has 1 aliphatic rings. The van der Waals surface area contributed by atoms with Gasteiger partial charge in [-0.1, -0.05) is 48.5 Å². The summed E-state index contributed by atoms with van der Waals surface area (Å²) in [6.07, 6.45) is 0. The van der Waals surface area contributed by atoms with Gasteiger partial charge < -0.3 is 4.84 Å². The fraction of sp³-hybridized carbons (Fsp3) is 0.188. The number of benzene rings is 2. The summed E-state index contributed by atoms with van der Waals surface area (Å²) in [6.45, 7) is 1.91. The first-order chi connectivity index (χ1) is 9.27. The number of carbonyl (C=O) groups excluding carboxylic acids is 1. The number of rotatable bonds is 2. The molecular weight excluding hydrogens is 238 g/mol. The molecule has 1 fully saturated rings. The molecule has 2 aromatic rings. The van der Waals surface area contributed by atoms with Crippen LogP contribution in [0.15, 0.2) is 60.7 Å². The van der Waals surface area contributed by atoms with Gasteiger partial charge >= 0.3 is 5.97 Å². The molecule has 0 unspecified atom stereocenters. The lowest BCUT2D eigenvalue weighted by Crippen LogP contribution is -2.23. The average molecular weight is 253 g/mol. The molecule has 3 nitrogen and oxygen atoms in total. The Bertz CT molecular complexity index is 568. The predicted molar refractivity (Wildman–Crippen MR) is 73.4 cm³/mol. The standard InChI is InChI=1S/C16H15NO2/c1-12-15(13-8-4-2-5-9-13)17(19-16(12)18)14-10-6-3-7-11-14/h2-12,15H,1H3/t12-,15+/m1/s1. The fourth-order valence-electron chi connectivity index (χ4n) is 2.43. The van der Waals surface area contributed by atoms with E-state index in [1.165, 1.54) is 0 Å². The Balaban J connectivity index is 2.01. The minimum atomic E-state index is -0.183. The quantitative estimate of drug-likeness (QED) is 0.822. The zero-order chi connectivity index (χ0) is 13.2. The highest BCUT2D eigenvalue weighted by atomic mass is 16.7. The van der Waals surface area contributed by atoms with Gasteiger partial charge in [0.15, 0.2) is 0 Å². The van der Waals surface area contributed by atoms with Gasteiger partial charge in [0.25, 0.3) is 0 Å². The van der Waals surface area contributed by atoms with Crippen molar-refractivity contribution in [2.45, 2.75) is 13.0 Å². The predicted octanol–water partition coefficient (Wildman–Crippen LogP) is 3.34. The van der Waals surface area contributed by atoms with E-state index in [9.17, 15) is 4.79 Å². The van der Waals surface area contributed by atoms with E-state index < -0.39 is 0 Å². The number of hydroxylamine groups is 1. The van der Waals surface area contributed by atoms with Crippen LogP contribution in [0.4, 0.5) is 5.69 Å². The Hall–Kier alpha value is -2.29. The summed E-state index contributed by atoms with van der Waals surface area (Å²) in [5.74, 6) is -0.361. The van der Waals surface area contributed by atoms with Crippen LogP contribution in [-0.2, 0) is 9.63 Å². The van der Waals surface area contributed by atoms with Crippen LogP contribution in [0, 0.1) is 5.92 Å². The highest BCUT2D eigenvalue weighted by molar-refractivity contribution is 5.78. The van der Waals surface area contributed by atoms with Crippen molar-refractivity contribution in [1.29, 1.82) is 0 Å². The lowest BCUT2D eigenvalue weighted by molar-refractivity contribution is -0.141. The van der Waals surface area contributed by atoms with Crippen molar-refractivity contribution in [2.24, 2.45) is 5.92 Å². The SMILES string of the molecule is C[C@H]1C(=O)ON(c2ccccc2)[C@@H]1c1ccccc1. The van der Waals surface area contributed by atoms with E-state index >= 15 is 0 Å². The molecule has 19 heavy (non-hydrogen) atoms. The lowest BCUT2D eigenvalue weighted by atomic mass is 9.95. The maximum Gasteiger partial charge on any atom is 0.337 e. The number of carbonyl (C=O) groups is 1. The summed E-state index contributed by atoms with van der Waals surface area (Å²) in [7, 11) is 0. The highest BCUT2D eigenvalue weighted by Crippen LogP contribution is 2.38. The minimum Gasteiger partial charge on any atom is -0.340 e. The molecule has 0 aliphatic carbocycles. The largest absolute Gasteiger partial charge is 0.340 e. The summed E-state index contributed by atoms with van der Waals surface area (Å²) in [4.78, 5) is 17.3. The van der Waals surface area contributed by atoms with E-state index in [-0.39, 0.29) is 17.9 Å². The normalized spacial score (nSPS) is 22.4. The molecule has 96 valence electrons. The zero-order valence-electron chi connectivity index (χ0n) is 10.7. The third kappa shape index (κ3) is 2.08. The molecule has 0 amide bonds. The fourth-order valence-corrected chi connectivity index (χ4v) is 2.43. The smallest absolute Gasteiger partial charge is 0.337 e. The molecule has 0 radical (unpaired) electrons. The summed E-state index contributed by atoms with van der Waals surface area (Å²) in [5, 5.41) is 1.71. The van der Waals surface area contributed by atoms with Crippen LogP contribution in [0.25, 0.3) is 0 Å². The molecule has 3 heteroatoms. The van der Waals surface area contributed by atoms with E-state index in [2.05, 4.69) is 0 Å². The van der Waals surface area contributed by atoms with E-state index in [4.69, 9.17) is 4.84 Å². The molecule has 1 heterocycles. The van der Waals surface area contributed by atoms with Gasteiger partial charge in [0.1, 0.15) is 6.04 Å². The first-order valence-corrected chi connectivity index (χ1v) is 6.38. The van der Waals surface area contributed by atoms with Crippen LogP contribution in [0.3, 0.4) is 0 Å². The summed E-state index contributed by atoms with van der Waals surface area (Å²) < 4.78 is 0. The van der Waals surface area contributed by atoms with Crippen molar-refractivity contribution in [3.63, 3.8) is 0 Å². The van der Waals surface area contributed by atoms with E-state index in [0.717, 1.165) is 11.3 Å². The van der Waals surface area contributed by atoms with E-state index in [0.29, 0.717) is 0 Å². The van der Waals surface area contributed by atoms with Gasteiger partial charge in [0, 0.05) is 0 Å². The van der Waals surface area contributed by atoms with Crippen LogP contribution in [0.5, 0.6) is 0 Å². The number of nitrogens with zero attached hydrogens (tertiary/aromatic N) is 1. The van der Waals surface area contributed by atoms with Gasteiger partial charge in [-0.2, -0.15) is 5.06 Å². The molecule has 1 aliphatic heterocycles. The lowest BCUT2D eigenvalue weighted by Gasteiger charge is -2.24. The van der Waals surface area contributed by atoms with Crippen LogP contribution in [-0.4, -0.2) is 5.97 Å². The second kappa shape index (κ2) is 4.76. The number of anilines is 1. The zero-order valence-corrected chi connectivity index (χ0v) is 10.7. The van der Waals surface area contributed by atoms with Gasteiger partial charge in [0.2, 0.25) is 0 Å². The third-order valence-electron chi connectivity index (χ3n) is 3.44. The Morgan fingerprint density at radius 2 is 1.53 bits per heavy atom. The Morgan fingerprint density at radius 3 is 2.16 bits per heavy atom. The first kappa shape index (κ1) is 11.8. The monoisotopic (exact) mass is 253 g/mol.